The molecule has 2 aromatic rings. The molecule has 0 spiro atoms. The van der Waals surface area contributed by atoms with Crippen LogP contribution in [0, 0.1) is 10.1 Å². The van der Waals surface area contributed by atoms with Crippen LogP contribution < -0.4 is 14.8 Å². The summed E-state index contributed by atoms with van der Waals surface area (Å²) in [4.78, 5) is 22.3. The number of halogens is 1. The minimum Gasteiger partial charge on any atom is -0.495 e. The van der Waals surface area contributed by atoms with E-state index in [4.69, 9.17) is 21.1 Å². The third kappa shape index (κ3) is 5.34. The first-order chi connectivity index (χ1) is 13.6. The van der Waals surface area contributed by atoms with E-state index in [0.717, 1.165) is 10.4 Å². The highest BCUT2D eigenvalue weighted by Gasteiger charge is 2.20. The first kappa shape index (κ1) is 22.4. The van der Waals surface area contributed by atoms with Gasteiger partial charge >= 0.3 is 0 Å². The van der Waals surface area contributed by atoms with Crippen molar-refractivity contribution in [1.29, 1.82) is 0 Å². The molecule has 1 N–H and O–H groups in total. The van der Waals surface area contributed by atoms with Crippen LogP contribution in [-0.2, 0) is 14.8 Å². The van der Waals surface area contributed by atoms with Crippen molar-refractivity contribution in [3.05, 3.63) is 51.5 Å². The van der Waals surface area contributed by atoms with Gasteiger partial charge in [-0.2, -0.15) is 0 Å². The number of nitrogens with zero attached hydrogens (tertiary/aromatic N) is 2. The molecule has 0 saturated carbocycles. The zero-order valence-electron chi connectivity index (χ0n) is 15.7. The molecule has 0 unspecified atom stereocenters. The van der Waals surface area contributed by atoms with E-state index in [9.17, 15) is 23.3 Å². The van der Waals surface area contributed by atoms with Gasteiger partial charge in [0.1, 0.15) is 11.5 Å². The molecule has 0 atom stereocenters. The lowest BCUT2D eigenvalue weighted by Gasteiger charge is -2.15. The summed E-state index contributed by atoms with van der Waals surface area (Å²) in [6, 6.07) is 7.62. The molecule has 0 bridgehead atoms. The molecule has 0 aliphatic carbocycles. The van der Waals surface area contributed by atoms with Crippen molar-refractivity contribution in [3.63, 3.8) is 0 Å². The van der Waals surface area contributed by atoms with Crippen molar-refractivity contribution in [2.75, 3.05) is 33.1 Å². The predicted octanol–water partition coefficient (Wildman–Crippen LogP) is 2.52. The fraction of sp³-hybridized carbons (Fsp3) is 0.235. The van der Waals surface area contributed by atoms with Gasteiger partial charge in [0.15, 0.2) is 6.61 Å². The minimum atomic E-state index is -3.71. The van der Waals surface area contributed by atoms with Crippen LogP contribution >= 0.6 is 11.6 Å². The number of carbonyl (C=O) groups is 1. The summed E-state index contributed by atoms with van der Waals surface area (Å²) in [5.74, 6) is -0.273. The van der Waals surface area contributed by atoms with E-state index in [1.54, 1.807) is 0 Å². The number of anilines is 1. The zero-order valence-corrected chi connectivity index (χ0v) is 17.3. The van der Waals surface area contributed by atoms with Gasteiger partial charge < -0.3 is 14.8 Å². The Morgan fingerprint density at radius 2 is 1.86 bits per heavy atom. The van der Waals surface area contributed by atoms with Gasteiger partial charge in [-0.05, 0) is 24.3 Å². The van der Waals surface area contributed by atoms with E-state index in [0.29, 0.717) is 0 Å². The second-order valence-electron chi connectivity index (χ2n) is 5.86. The summed E-state index contributed by atoms with van der Waals surface area (Å²) in [6.45, 7) is -0.467. The number of hydrogen-bond donors (Lipinski definition) is 1. The van der Waals surface area contributed by atoms with Crippen molar-refractivity contribution in [1.82, 2.24) is 4.31 Å². The number of rotatable bonds is 8. The number of ether oxygens (including phenoxy) is 2. The second-order valence-corrected chi connectivity index (χ2v) is 8.42. The lowest BCUT2D eigenvalue weighted by molar-refractivity contribution is -0.384. The van der Waals surface area contributed by atoms with Crippen molar-refractivity contribution in [2.24, 2.45) is 0 Å². The molecule has 0 heterocycles. The first-order valence-electron chi connectivity index (χ1n) is 8.03. The number of nitro benzene ring substituents is 1. The number of non-ortho nitro benzene ring substituents is 1. The highest BCUT2D eigenvalue weighted by Crippen LogP contribution is 2.30. The van der Waals surface area contributed by atoms with Crippen molar-refractivity contribution in [3.8, 4) is 11.5 Å². The van der Waals surface area contributed by atoms with Crippen LogP contribution in [-0.4, -0.2) is 51.4 Å². The van der Waals surface area contributed by atoms with Crippen LogP contribution in [0.15, 0.2) is 41.3 Å². The Hall–Kier alpha value is -2.89. The molecule has 2 rings (SSSR count). The lowest BCUT2D eigenvalue weighted by atomic mass is 10.3. The summed E-state index contributed by atoms with van der Waals surface area (Å²) in [6.07, 6.45) is 0. The van der Waals surface area contributed by atoms with Gasteiger partial charge in [0.05, 0.1) is 27.6 Å². The number of benzene rings is 2. The fourth-order valence-corrected chi connectivity index (χ4v) is 3.36. The van der Waals surface area contributed by atoms with Gasteiger partial charge in [0.25, 0.3) is 11.6 Å². The molecule has 29 heavy (non-hydrogen) atoms. The Labute approximate surface area is 172 Å². The number of sulfonamides is 1. The van der Waals surface area contributed by atoms with E-state index in [1.165, 1.54) is 51.5 Å². The predicted molar refractivity (Wildman–Crippen MR) is 106 cm³/mol. The van der Waals surface area contributed by atoms with E-state index < -0.39 is 27.5 Å². The molecule has 0 aromatic heterocycles. The number of methoxy groups -OCH3 is 1. The van der Waals surface area contributed by atoms with Gasteiger partial charge in [-0.1, -0.05) is 11.6 Å². The number of nitro groups is 1. The second kappa shape index (κ2) is 9.07. The summed E-state index contributed by atoms with van der Waals surface area (Å²) >= 11 is 5.91. The zero-order chi connectivity index (χ0) is 21.8. The smallest absolute Gasteiger partial charge is 0.271 e. The van der Waals surface area contributed by atoms with Crippen LogP contribution in [0.3, 0.4) is 0 Å². The van der Waals surface area contributed by atoms with Crippen molar-refractivity contribution in [2.45, 2.75) is 4.90 Å². The maximum Gasteiger partial charge on any atom is 0.271 e. The average Bonchev–Trinajstić information content (AvgIpc) is 2.66. The van der Waals surface area contributed by atoms with Gasteiger partial charge in [-0.25, -0.2) is 12.7 Å². The maximum absolute atomic E-state index is 12.3. The van der Waals surface area contributed by atoms with Crippen molar-refractivity contribution >= 4 is 38.9 Å². The third-order valence-corrected chi connectivity index (χ3v) is 5.82. The molecule has 0 aliphatic rings. The minimum absolute atomic E-state index is 0.0244. The summed E-state index contributed by atoms with van der Waals surface area (Å²) < 4.78 is 36.0. The lowest BCUT2D eigenvalue weighted by Crippen LogP contribution is -2.23. The Kier molecular flexibility index (Phi) is 7.01. The Morgan fingerprint density at radius 3 is 2.41 bits per heavy atom. The van der Waals surface area contributed by atoms with Gasteiger partial charge in [-0.3, -0.25) is 14.9 Å². The summed E-state index contributed by atoms with van der Waals surface area (Å²) in [7, 11) is 0.441. The van der Waals surface area contributed by atoms with Gasteiger partial charge in [-0.15, -0.1) is 0 Å². The Balaban J connectivity index is 2.15. The van der Waals surface area contributed by atoms with Crippen LogP contribution in [0.1, 0.15) is 0 Å². The average molecular weight is 444 g/mol. The molecule has 0 aliphatic heterocycles. The van der Waals surface area contributed by atoms with E-state index >= 15 is 0 Å². The highest BCUT2D eigenvalue weighted by atomic mass is 35.5. The Morgan fingerprint density at radius 1 is 1.21 bits per heavy atom. The molecule has 10 nitrogen and oxygen atoms in total. The van der Waals surface area contributed by atoms with E-state index in [1.807, 2.05) is 0 Å². The molecular weight excluding hydrogens is 426 g/mol. The Bertz CT molecular complexity index is 1040. The number of nitrogens with one attached hydrogen (secondary N) is 1. The third-order valence-electron chi connectivity index (χ3n) is 3.71. The van der Waals surface area contributed by atoms with E-state index in [-0.39, 0.29) is 32.8 Å². The molecule has 1 amide bonds. The molecule has 12 heteroatoms. The van der Waals surface area contributed by atoms with Crippen molar-refractivity contribution < 1.29 is 27.6 Å². The summed E-state index contributed by atoms with van der Waals surface area (Å²) in [5, 5.41) is 13.2. The molecule has 0 radical (unpaired) electrons. The monoisotopic (exact) mass is 443 g/mol. The topological polar surface area (TPSA) is 128 Å². The van der Waals surface area contributed by atoms with Crippen LogP contribution in [0.2, 0.25) is 5.02 Å². The highest BCUT2D eigenvalue weighted by molar-refractivity contribution is 7.89. The number of hydrogen-bond acceptors (Lipinski definition) is 7. The molecule has 2 aromatic carbocycles. The SMILES string of the molecule is COc1ccc(S(=O)(=O)N(C)C)cc1NC(=O)COc1ccc([N+](=O)[O-])cc1Cl. The van der Waals surface area contributed by atoms with Gasteiger partial charge in [0.2, 0.25) is 10.0 Å². The molecular formula is C17H18ClN3O7S. The molecule has 0 fully saturated rings. The molecule has 156 valence electrons. The first-order valence-corrected chi connectivity index (χ1v) is 9.85. The summed E-state index contributed by atoms with van der Waals surface area (Å²) in [5.41, 5.74) is -0.0747. The quantitative estimate of drug-likeness (QED) is 0.490. The molecule has 0 saturated heterocycles. The standard InChI is InChI=1S/C17H18ClN3O7S/c1-20(2)29(25,26)12-5-7-16(27-3)14(9-12)19-17(22)10-28-15-6-4-11(21(23)24)8-13(15)18/h4-9H,10H2,1-3H3,(H,19,22). The van der Waals surface area contributed by atoms with Crippen LogP contribution in [0.25, 0.3) is 0 Å². The maximum atomic E-state index is 12.3. The van der Waals surface area contributed by atoms with Crippen LogP contribution in [0.4, 0.5) is 11.4 Å². The van der Waals surface area contributed by atoms with Gasteiger partial charge in [0, 0.05) is 26.2 Å². The largest absolute Gasteiger partial charge is 0.495 e. The fourth-order valence-electron chi connectivity index (χ4n) is 2.21. The number of carbonyl (C=O) groups excluding carboxylic acids is 1. The normalized spacial score (nSPS) is 11.2. The van der Waals surface area contributed by atoms with Crippen LogP contribution in [0.5, 0.6) is 11.5 Å². The van der Waals surface area contributed by atoms with E-state index in [2.05, 4.69) is 5.32 Å². The number of amides is 1.